The summed E-state index contributed by atoms with van der Waals surface area (Å²) in [6.07, 6.45) is -0.128. The summed E-state index contributed by atoms with van der Waals surface area (Å²) >= 11 is 0. The summed E-state index contributed by atoms with van der Waals surface area (Å²) in [6.45, 7) is 0.372. The van der Waals surface area contributed by atoms with Gasteiger partial charge in [0, 0.05) is 5.92 Å². The fraction of sp³-hybridized carbons (Fsp3) is 0.714. The molecular formula is C7H10O5. The second-order valence-electron chi connectivity index (χ2n) is 2.84. The molecule has 0 aromatic heterocycles. The fourth-order valence-corrected chi connectivity index (χ4v) is 1.30. The van der Waals surface area contributed by atoms with Gasteiger partial charge < -0.3 is 14.9 Å². The van der Waals surface area contributed by atoms with Gasteiger partial charge in [0.15, 0.2) is 0 Å². The largest absolute Gasteiger partial charge is 0.481 e. The minimum absolute atomic E-state index is 0.128. The van der Waals surface area contributed by atoms with Crippen molar-refractivity contribution in [2.45, 2.75) is 6.42 Å². The van der Waals surface area contributed by atoms with Gasteiger partial charge in [-0.15, -0.1) is 0 Å². The maximum absolute atomic E-state index is 10.5. The molecule has 0 radical (unpaired) electrons. The molecule has 0 aromatic rings. The van der Waals surface area contributed by atoms with Gasteiger partial charge in [-0.2, -0.15) is 0 Å². The number of carboxylic acids is 2. The third-order valence-electron chi connectivity index (χ3n) is 1.95. The van der Waals surface area contributed by atoms with Crippen LogP contribution in [0.25, 0.3) is 0 Å². The van der Waals surface area contributed by atoms with Crippen molar-refractivity contribution < 1.29 is 24.5 Å². The molecule has 2 atom stereocenters. The quantitative estimate of drug-likeness (QED) is 0.619. The molecule has 1 heterocycles. The summed E-state index contributed by atoms with van der Waals surface area (Å²) in [5.74, 6) is -2.98. The number of carbonyl (C=O) groups is 2. The molecule has 68 valence electrons. The Bertz CT molecular complexity index is 200. The molecule has 0 saturated carbocycles. The van der Waals surface area contributed by atoms with Crippen LogP contribution in [0.3, 0.4) is 0 Å². The lowest BCUT2D eigenvalue weighted by molar-refractivity contribution is -0.144. The van der Waals surface area contributed by atoms with Gasteiger partial charge in [-0.05, 0) is 0 Å². The van der Waals surface area contributed by atoms with Crippen molar-refractivity contribution in [2.24, 2.45) is 11.8 Å². The smallest absolute Gasteiger partial charge is 0.309 e. The Morgan fingerprint density at radius 3 is 2.50 bits per heavy atom. The van der Waals surface area contributed by atoms with Gasteiger partial charge in [-0.1, -0.05) is 0 Å². The number of hydrogen-bond donors (Lipinski definition) is 2. The molecule has 5 heteroatoms. The van der Waals surface area contributed by atoms with Gasteiger partial charge in [0.25, 0.3) is 0 Å². The zero-order valence-corrected chi connectivity index (χ0v) is 6.40. The molecular weight excluding hydrogens is 164 g/mol. The Labute approximate surface area is 68.9 Å². The van der Waals surface area contributed by atoms with Crippen LogP contribution in [-0.2, 0) is 14.3 Å². The molecule has 0 bridgehead atoms. The average Bonchev–Trinajstić information content (AvgIpc) is 2.33. The van der Waals surface area contributed by atoms with E-state index in [1.54, 1.807) is 0 Å². The second-order valence-corrected chi connectivity index (χ2v) is 2.84. The Hall–Kier alpha value is -1.10. The minimum Gasteiger partial charge on any atom is -0.481 e. The Morgan fingerprint density at radius 1 is 1.33 bits per heavy atom. The molecule has 0 aliphatic carbocycles. The molecule has 1 saturated heterocycles. The van der Waals surface area contributed by atoms with E-state index in [1.165, 1.54) is 0 Å². The van der Waals surface area contributed by atoms with Gasteiger partial charge in [-0.3, -0.25) is 9.59 Å². The van der Waals surface area contributed by atoms with Gasteiger partial charge in [-0.25, -0.2) is 0 Å². The highest BCUT2D eigenvalue weighted by atomic mass is 16.5. The highest BCUT2D eigenvalue weighted by Crippen LogP contribution is 2.23. The van der Waals surface area contributed by atoms with Crippen molar-refractivity contribution in [2.75, 3.05) is 13.2 Å². The van der Waals surface area contributed by atoms with E-state index < -0.39 is 17.9 Å². The summed E-state index contributed by atoms with van der Waals surface area (Å²) in [4.78, 5) is 20.8. The summed E-state index contributed by atoms with van der Waals surface area (Å²) in [5.41, 5.74) is 0. The van der Waals surface area contributed by atoms with Crippen molar-refractivity contribution in [1.29, 1.82) is 0 Å². The molecule has 1 rings (SSSR count). The lowest BCUT2D eigenvalue weighted by Crippen LogP contribution is -2.23. The molecule has 0 aromatic carbocycles. The van der Waals surface area contributed by atoms with Crippen LogP contribution in [0.4, 0.5) is 0 Å². The number of ether oxygens (including phenoxy) is 1. The Balaban J connectivity index is 2.52. The maximum atomic E-state index is 10.5. The zero-order valence-electron chi connectivity index (χ0n) is 6.40. The first-order valence-corrected chi connectivity index (χ1v) is 3.63. The summed E-state index contributed by atoms with van der Waals surface area (Å²) in [7, 11) is 0. The van der Waals surface area contributed by atoms with Crippen molar-refractivity contribution in [1.82, 2.24) is 0 Å². The van der Waals surface area contributed by atoms with Crippen LogP contribution >= 0.6 is 0 Å². The molecule has 1 aliphatic rings. The van der Waals surface area contributed by atoms with Crippen molar-refractivity contribution in [3.05, 3.63) is 0 Å². The summed E-state index contributed by atoms with van der Waals surface area (Å²) in [5, 5.41) is 17.0. The maximum Gasteiger partial charge on any atom is 0.309 e. The van der Waals surface area contributed by atoms with Crippen molar-refractivity contribution >= 4 is 11.9 Å². The van der Waals surface area contributed by atoms with E-state index in [0.29, 0.717) is 0 Å². The number of aliphatic carboxylic acids is 2. The lowest BCUT2D eigenvalue weighted by atomic mass is 9.93. The monoisotopic (exact) mass is 174 g/mol. The molecule has 2 N–H and O–H groups in total. The fourth-order valence-electron chi connectivity index (χ4n) is 1.30. The van der Waals surface area contributed by atoms with Crippen molar-refractivity contribution in [3.63, 3.8) is 0 Å². The van der Waals surface area contributed by atoms with E-state index in [0.717, 1.165) is 0 Å². The van der Waals surface area contributed by atoms with Crippen LogP contribution in [0.1, 0.15) is 6.42 Å². The molecule has 2 unspecified atom stereocenters. The Kier molecular flexibility index (Phi) is 2.65. The lowest BCUT2D eigenvalue weighted by Gasteiger charge is -2.09. The minimum atomic E-state index is -0.975. The van der Waals surface area contributed by atoms with E-state index in [-0.39, 0.29) is 25.6 Å². The van der Waals surface area contributed by atoms with Crippen LogP contribution in [0.2, 0.25) is 0 Å². The topological polar surface area (TPSA) is 83.8 Å². The van der Waals surface area contributed by atoms with Crippen molar-refractivity contribution in [3.8, 4) is 0 Å². The number of hydrogen-bond acceptors (Lipinski definition) is 3. The van der Waals surface area contributed by atoms with E-state index in [1.807, 2.05) is 0 Å². The standard InChI is InChI=1S/C7H10O5/c8-6(9)1-4-2-12-3-5(4)7(10)11/h4-5H,1-3H2,(H,8,9)(H,10,11). The highest BCUT2D eigenvalue weighted by Gasteiger charge is 2.35. The molecule has 12 heavy (non-hydrogen) atoms. The predicted molar refractivity (Wildman–Crippen MR) is 37.7 cm³/mol. The van der Waals surface area contributed by atoms with E-state index in [2.05, 4.69) is 0 Å². The van der Waals surface area contributed by atoms with E-state index >= 15 is 0 Å². The van der Waals surface area contributed by atoms with Gasteiger partial charge in [0.1, 0.15) is 0 Å². The van der Waals surface area contributed by atoms with E-state index in [4.69, 9.17) is 14.9 Å². The molecule has 1 aliphatic heterocycles. The summed E-state index contributed by atoms with van der Waals surface area (Å²) < 4.78 is 4.89. The number of carboxylic acid groups (broad SMARTS) is 2. The second kappa shape index (κ2) is 3.53. The predicted octanol–water partition coefficient (Wildman–Crippen LogP) is -0.192. The summed E-state index contributed by atoms with van der Waals surface area (Å²) in [6, 6.07) is 0. The zero-order chi connectivity index (χ0) is 9.14. The van der Waals surface area contributed by atoms with Gasteiger partial charge in [0.2, 0.25) is 0 Å². The Morgan fingerprint density at radius 2 is 2.00 bits per heavy atom. The average molecular weight is 174 g/mol. The van der Waals surface area contributed by atoms with Crippen LogP contribution in [-0.4, -0.2) is 35.4 Å². The molecule has 0 spiro atoms. The first-order valence-electron chi connectivity index (χ1n) is 3.63. The molecule has 5 nitrogen and oxygen atoms in total. The van der Waals surface area contributed by atoms with Crippen LogP contribution in [0, 0.1) is 11.8 Å². The van der Waals surface area contributed by atoms with Crippen LogP contribution in [0.15, 0.2) is 0 Å². The van der Waals surface area contributed by atoms with Gasteiger partial charge in [0.05, 0.1) is 25.6 Å². The van der Waals surface area contributed by atoms with Crippen LogP contribution < -0.4 is 0 Å². The first-order chi connectivity index (χ1) is 5.61. The third-order valence-corrected chi connectivity index (χ3v) is 1.95. The SMILES string of the molecule is O=C(O)CC1COCC1C(=O)O. The third kappa shape index (κ3) is 1.94. The number of rotatable bonds is 3. The van der Waals surface area contributed by atoms with E-state index in [9.17, 15) is 9.59 Å². The normalized spacial score (nSPS) is 28.7. The first kappa shape index (κ1) is 8.99. The molecule has 0 amide bonds. The van der Waals surface area contributed by atoms with Gasteiger partial charge >= 0.3 is 11.9 Å². The molecule has 1 fully saturated rings. The van der Waals surface area contributed by atoms with Crippen LogP contribution in [0.5, 0.6) is 0 Å². The highest BCUT2D eigenvalue weighted by molar-refractivity contribution is 5.73.